The molecular formula is C9H13FN3O12P3. The van der Waals surface area contributed by atoms with Crippen LogP contribution in [-0.2, 0) is 31.6 Å². The summed E-state index contributed by atoms with van der Waals surface area (Å²) in [6.07, 6.45) is 0.969. The molecule has 4 atom stereocenters. The van der Waals surface area contributed by atoms with Gasteiger partial charge in [0.05, 0.1) is 12.8 Å². The van der Waals surface area contributed by atoms with E-state index in [1.54, 1.807) is 0 Å². The zero-order valence-electron chi connectivity index (χ0n) is 13.3. The maximum Gasteiger partial charge on any atom is 0.490 e. The Bertz CT molecular complexity index is 975. The first-order chi connectivity index (χ1) is 12.7. The molecule has 0 fully saturated rings. The molecule has 2 rings (SSSR count). The lowest BCUT2D eigenvalue weighted by atomic mass is 10.4. The van der Waals surface area contributed by atoms with Gasteiger partial charge in [0.1, 0.15) is 6.10 Å². The van der Waals surface area contributed by atoms with Crippen LogP contribution in [0.5, 0.6) is 0 Å². The molecule has 0 bridgehead atoms. The van der Waals surface area contributed by atoms with Gasteiger partial charge in [0.2, 0.25) is 0 Å². The molecular weight excluding hydrogens is 454 g/mol. The number of nitrogens with zero attached hydrogens (tertiary/aromatic N) is 2. The minimum atomic E-state index is -5.64. The fraction of sp³-hybridized carbons (Fsp3) is 0.333. The number of nitrogens with two attached hydrogens (primary N) is 1. The van der Waals surface area contributed by atoms with Crippen molar-refractivity contribution in [2.24, 2.45) is 0 Å². The Balaban J connectivity index is 1.96. The SMILES string of the molecule is Nc1nc(=O)n([C@H]2C=C[C@@H](COP(=O)(O)OP(=O)(O)OP(=O)(O)O)O2)cc1F. The molecule has 1 aromatic heterocycles. The van der Waals surface area contributed by atoms with Crippen LogP contribution in [0.25, 0.3) is 0 Å². The second-order valence-corrected chi connectivity index (χ2v) is 9.42. The lowest BCUT2D eigenvalue weighted by molar-refractivity contribution is -0.0107. The molecule has 6 N–H and O–H groups in total. The summed E-state index contributed by atoms with van der Waals surface area (Å²) in [6.45, 7) is -0.768. The zero-order valence-corrected chi connectivity index (χ0v) is 16.0. The molecule has 0 saturated carbocycles. The summed E-state index contributed by atoms with van der Waals surface area (Å²) in [7, 11) is -16.5. The van der Waals surface area contributed by atoms with Crippen molar-refractivity contribution < 1.29 is 55.5 Å². The molecule has 28 heavy (non-hydrogen) atoms. The number of anilines is 1. The van der Waals surface area contributed by atoms with Crippen molar-refractivity contribution in [1.82, 2.24) is 9.55 Å². The highest BCUT2D eigenvalue weighted by atomic mass is 31.3. The number of phosphoric ester groups is 1. The van der Waals surface area contributed by atoms with E-state index in [0.29, 0.717) is 0 Å². The highest BCUT2D eigenvalue weighted by Gasteiger charge is 2.41. The fourth-order valence-corrected chi connectivity index (χ4v) is 4.88. The van der Waals surface area contributed by atoms with Crippen LogP contribution < -0.4 is 11.4 Å². The summed E-state index contributed by atoms with van der Waals surface area (Å²) in [5, 5.41) is 0. The minimum absolute atomic E-state index is 0.618. The van der Waals surface area contributed by atoms with Gasteiger partial charge >= 0.3 is 29.2 Å². The predicted molar refractivity (Wildman–Crippen MR) is 85.7 cm³/mol. The average molecular weight is 467 g/mol. The van der Waals surface area contributed by atoms with E-state index in [4.69, 9.17) is 25.2 Å². The van der Waals surface area contributed by atoms with Crippen molar-refractivity contribution in [3.05, 3.63) is 34.7 Å². The van der Waals surface area contributed by atoms with E-state index < -0.39 is 59.7 Å². The highest BCUT2D eigenvalue weighted by Crippen LogP contribution is 2.66. The van der Waals surface area contributed by atoms with Crippen LogP contribution in [-0.4, -0.2) is 41.8 Å². The first-order valence-electron chi connectivity index (χ1n) is 6.84. The average Bonchev–Trinajstić information content (AvgIpc) is 2.94. The number of halogens is 1. The van der Waals surface area contributed by atoms with E-state index in [-0.39, 0.29) is 0 Å². The topological polar surface area (TPSA) is 230 Å². The Kier molecular flexibility index (Phi) is 6.76. The Hall–Kier alpha value is -1.28. The molecule has 1 aliphatic rings. The van der Waals surface area contributed by atoms with Crippen molar-refractivity contribution in [3.8, 4) is 0 Å². The molecule has 0 aromatic carbocycles. The number of nitrogen functional groups attached to an aromatic ring is 1. The van der Waals surface area contributed by atoms with Crippen molar-refractivity contribution in [2.75, 3.05) is 12.3 Å². The van der Waals surface area contributed by atoms with E-state index in [1.807, 2.05) is 0 Å². The van der Waals surface area contributed by atoms with Gasteiger partial charge in [-0.3, -0.25) is 9.09 Å². The number of hydrogen-bond acceptors (Lipinski definition) is 10. The van der Waals surface area contributed by atoms with Crippen molar-refractivity contribution in [3.63, 3.8) is 0 Å². The van der Waals surface area contributed by atoms with Gasteiger partial charge in [0.15, 0.2) is 17.9 Å². The third-order valence-electron chi connectivity index (χ3n) is 2.83. The quantitative estimate of drug-likeness (QED) is 0.245. The molecule has 1 aromatic rings. The Morgan fingerprint density at radius 3 is 2.43 bits per heavy atom. The normalized spacial score (nSPS) is 24.0. The highest BCUT2D eigenvalue weighted by molar-refractivity contribution is 7.66. The van der Waals surface area contributed by atoms with Crippen molar-refractivity contribution in [1.29, 1.82) is 0 Å². The molecule has 19 heteroatoms. The molecule has 0 aliphatic carbocycles. The summed E-state index contributed by atoms with van der Waals surface area (Å²) >= 11 is 0. The molecule has 2 unspecified atom stereocenters. The first-order valence-corrected chi connectivity index (χ1v) is 11.4. The largest absolute Gasteiger partial charge is 0.490 e. The molecule has 0 amide bonds. The van der Waals surface area contributed by atoms with Gasteiger partial charge in [0.25, 0.3) is 0 Å². The predicted octanol–water partition coefficient (Wildman–Crippen LogP) is -0.239. The lowest BCUT2D eigenvalue weighted by Crippen LogP contribution is -2.29. The smallest absolute Gasteiger partial charge is 0.381 e. The molecule has 0 spiro atoms. The molecule has 1 aliphatic heterocycles. The number of hydrogen-bond donors (Lipinski definition) is 5. The molecule has 2 heterocycles. The van der Waals surface area contributed by atoms with Crippen LogP contribution in [0.2, 0.25) is 0 Å². The zero-order chi connectivity index (χ0) is 21.3. The Labute approximate surface area is 154 Å². The molecule has 15 nitrogen and oxygen atoms in total. The summed E-state index contributed by atoms with van der Waals surface area (Å²) in [6, 6.07) is 0. The third kappa shape index (κ3) is 6.65. The summed E-state index contributed by atoms with van der Waals surface area (Å²) in [5.41, 5.74) is 4.20. The monoisotopic (exact) mass is 467 g/mol. The van der Waals surface area contributed by atoms with Gasteiger partial charge in [-0.05, 0) is 6.08 Å². The van der Waals surface area contributed by atoms with Crippen LogP contribution in [0, 0.1) is 5.82 Å². The Morgan fingerprint density at radius 2 is 1.82 bits per heavy atom. The van der Waals surface area contributed by atoms with Crippen LogP contribution in [0.1, 0.15) is 6.23 Å². The summed E-state index contributed by atoms with van der Waals surface area (Å²) < 4.78 is 64.2. The standard InChI is InChI=1S/C9H13FN3O12P3/c10-6-3-13(9(14)12-8(6)11)7-2-1-5(23-7)4-22-27(18,19)25-28(20,21)24-26(15,16)17/h1-3,5,7H,4H2,(H,18,19)(H,20,21)(H2,11,12,14)(H2,15,16,17)/t5-,7+/m0/s1. The van der Waals surface area contributed by atoms with E-state index in [9.17, 15) is 27.8 Å². The van der Waals surface area contributed by atoms with Gasteiger partial charge in [0, 0.05) is 0 Å². The van der Waals surface area contributed by atoms with Gasteiger partial charge in [-0.1, -0.05) is 6.08 Å². The number of aromatic nitrogens is 2. The van der Waals surface area contributed by atoms with Gasteiger partial charge in [-0.15, -0.1) is 0 Å². The van der Waals surface area contributed by atoms with E-state index in [2.05, 4.69) is 18.1 Å². The van der Waals surface area contributed by atoms with E-state index in [1.165, 1.54) is 12.2 Å². The summed E-state index contributed by atoms with van der Waals surface area (Å²) in [5.74, 6) is -1.61. The van der Waals surface area contributed by atoms with E-state index in [0.717, 1.165) is 10.8 Å². The second-order valence-electron chi connectivity index (χ2n) is 5.00. The molecule has 0 saturated heterocycles. The van der Waals surface area contributed by atoms with Gasteiger partial charge in [-0.25, -0.2) is 22.9 Å². The summed E-state index contributed by atoms with van der Waals surface area (Å²) in [4.78, 5) is 50.1. The number of ether oxygens (including phenoxy) is 1. The molecule has 158 valence electrons. The van der Waals surface area contributed by atoms with Crippen LogP contribution in [0.3, 0.4) is 0 Å². The Morgan fingerprint density at radius 1 is 1.18 bits per heavy atom. The van der Waals surface area contributed by atoms with Crippen LogP contribution >= 0.6 is 23.5 Å². The number of phosphoric acid groups is 3. The van der Waals surface area contributed by atoms with Crippen LogP contribution in [0.15, 0.2) is 23.1 Å². The third-order valence-corrected chi connectivity index (χ3v) is 6.63. The first kappa shape index (κ1) is 23.0. The second kappa shape index (κ2) is 8.22. The maximum atomic E-state index is 13.4. The fourth-order valence-electron chi connectivity index (χ4n) is 1.85. The molecule has 0 radical (unpaired) electrons. The number of rotatable bonds is 8. The van der Waals surface area contributed by atoms with Gasteiger partial charge in [-0.2, -0.15) is 13.6 Å². The van der Waals surface area contributed by atoms with E-state index >= 15 is 0 Å². The van der Waals surface area contributed by atoms with Crippen molar-refractivity contribution in [2.45, 2.75) is 12.3 Å². The maximum absolute atomic E-state index is 13.4. The lowest BCUT2D eigenvalue weighted by Gasteiger charge is -2.19. The van der Waals surface area contributed by atoms with Crippen LogP contribution in [0.4, 0.5) is 10.2 Å². The van der Waals surface area contributed by atoms with Crippen molar-refractivity contribution >= 4 is 29.3 Å². The minimum Gasteiger partial charge on any atom is -0.381 e. The van der Waals surface area contributed by atoms with Gasteiger partial charge < -0.3 is 30.0 Å².